The molecule has 2 fully saturated rings. The molecule has 1 saturated carbocycles. The quantitative estimate of drug-likeness (QED) is 0.759. The van der Waals surface area contributed by atoms with Gasteiger partial charge in [0.1, 0.15) is 0 Å². The number of nitrogens with one attached hydrogen (secondary N) is 1. The molecule has 0 bridgehead atoms. The van der Waals surface area contributed by atoms with Crippen molar-refractivity contribution >= 4 is 16.9 Å². The lowest BCUT2D eigenvalue weighted by atomic mass is 9.78. The first-order valence-corrected chi connectivity index (χ1v) is 9.11. The zero-order valence-corrected chi connectivity index (χ0v) is 14.1. The van der Waals surface area contributed by atoms with Crippen molar-refractivity contribution in [2.75, 3.05) is 25.5 Å². The van der Waals surface area contributed by atoms with Gasteiger partial charge in [-0.1, -0.05) is 32.5 Å². The van der Waals surface area contributed by atoms with E-state index in [2.05, 4.69) is 31.1 Å². The second-order valence-corrected chi connectivity index (χ2v) is 7.82. The average molecular weight is 298 g/mol. The zero-order valence-electron chi connectivity index (χ0n) is 13.3. The number of hydrogen-bond donors (Lipinski definition) is 1. The van der Waals surface area contributed by atoms with E-state index in [1.165, 1.54) is 31.4 Å². The second kappa shape index (κ2) is 7.69. The maximum absolute atomic E-state index is 5.61. The number of thioether (sulfide) groups is 1. The molecule has 0 aromatic carbocycles. The zero-order chi connectivity index (χ0) is 14.4. The fourth-order valence-corrected chi connectivity index (χ4v) is 4.05. The molecule has 0 unspecified atom stereocenters. The molecule has 0 radical (unpaired) electrons. The van der Waals surface area contributed by atoms with Gasteiger partial charge in [-0.25, -0.2) is 0 Å². The van der Waals surface area contributed by atoms with Gasteiger partial charge in [0.15, 0.2) is 5.17 Å². The summed E-state index contributed by atoms with van der Waals surface area (Å²) in [5.41, 5.74) is 0.356. The Hall–Kier alpha value is -0.220. The number of nitrogens with zero attached hydrogens (tertiary/aromatic N) is 1. The number of amidine groups is 1. The molecule has 0 aromatic heterocycles. The Kier molecular flexibility index (Phi) is 6.21. The van der Waals surface area contributed by atoms with Gasteiger partial charge in [-0.3, -0.25) is 4.99 Å². The van der Waals surface area contributed by atoms with Crippen molar-refractivity contribution in [1.82, 2.24) is 5.32 Å². The van der Waals surface area contributed by atoms with E-state index in [9.17, 15) is 0 Å². The SMILES string of the molecule is CC(C)CCOCCN=C1NC2(CCC(C)CC2)CS1. The van der Waals surface area contributed by atoms with E-state index in [0.29, 0.717) is 5.54 Å². The number of hydrogen-bond acceptors (Lipinski definition) is 3. The summed E-state index contributed by atoms with van der Waals surface area (Å²) in [4.78, 5) is 4.65. The van der Waals surface area contributed by atoms with Gasteiger partial charge in [-0.05, 0) is 43.9 Å². The van der Waals surface area contributed by atoms with Crippen LogP contribution < -0.4 is 5.32 Å². The summed E-state index contributed by atoms with van der Waals surface area (Å²) in [6.07, 6.45) is 6.49. The third kappa shape index (κ3) is 4.96. The Morgan fingerprint density at radius 2 is 2.10 bits per heavy atom. The lowest BCUT2D eigenvalue weighted by Gasteiger charge is -2.35. The maximum atomic E-state index is 5.61. The van der Waals surface area contributed by atoms with E-state index in [1.807, 2.05) is 11.8 Å². The lowest BCUT2D eigenvalue weighted by molar-refractivity contribution is 0.130. The van der Waals surface area contributed by atoms with Crippen LogP contribution in [0.25, 0.3) is 0 Å². The largest absolute Gasteiger partial charge is 0.380 e. The van der Waals surface area contributed by atoms with E-state index in [0.717, 1.165) is 43.2 Å². The molecule has 3 nitrogen and oxygen atoms in total. The highest BCUT2D eigenvalue weighted by molar-refractivity contribution is 8.14. The summed E-state index contributed by atoms with van der Waals surface area (Å²) < 4.78 is 5.61. The Labute approximate surface area is 128 Å². The molecule has 1 spiro atoms. The minimum Gasteiger partial charge on any atom is -0.380 e. The molecular formula is C16H30N2OS. The first-order valence-electron chi connectivity index (χ1n) is 8.13. The van der Waals surface area contributed by atoms with Crippen LogP contribution in [0.4, 0.5) is 0 Å². The molecule has 1 N–H and O–H groups in total. The summed E-state index contributed by atoms with van der Waals surface area (Å²) in [6, 6.07) is 0. The molecular weight excluding hydrogens is 268 g/mol. The van der Waals surface area contributed by atoms with Gasteiger partial charge >= 0.3 is 0 Å². The topological polar surface area (TPSA) is 33.6 Å². The van der Waals surface area contributed by atoms with E-state index in [-0.39, 0.29) is 0 Å². The van der Waals surface area contributed by atoms with Crippen molar-refractivity contribution in [3.05, 3.63) is 0 Å². The predicted octanol–water partition coefficient (Wildman–Crippen LogP) is 3.69. The van der Waals surface area contributed by atoms with Crippen molar-refractivity contribution in [2.45, 2.75) is 58.4 Å². The van der Waals surface area contributed by atoms with Crippen LogP contribution in [-0.4, -0.2) is 36.2 Å². The minimum absolute atomic E-state index is 0.356. The van der Waals surface area contributed by atoms with E-state index >= 15 is 0 Å². The van der Waals surface area contributed by atoms with Crippen molar-refractivity contribution in [3.8, 4) is 0 Å². The van der Waals surface area contributed by atoms with Gasteiger partial charge < -0.3 is 10.1 Å². The Morgan fingerprint density at radius 1 is 1.35 bits per heavy atom. The van der Waals surface area contributed by atoms with E-state index in [4.69, 9.17) is 4.74 Å². The van der Waals surface area contributed by atoms with Gasteiger partial charge in [0.05, 0.1) is 13.2 Å². The molecule has 0 aromatic rings. The van der Waals surface area contributed by atoms with Gasteiger partial charge in [-0.2, -0.15) is 0 Å². The number of ether oxygens (including phenoxy) is 1. The van der Waals surface area contributed by atoms with Crippen LogP contribution in [0.5, 0.6) is 0 Å². The summed E-state index contributed by atoms with van der Waals surface area (Å²) in [5, 5.41) is 4.84. The van der Waals surface area contributed by atoms with Crippen LogP contribution in [0.2, 0.25) is 0 Å². The third-order valence-electron chi connectivity index (χ3n) is 4.42. The lowest BCUT2D eigenvalue weighted by Crippen LogP contribution is -2.46. The molecule has 1 saturated heterocycles. The van der Waals surface area contributed by atoms with Crippen LogP contribution in [-0.2, 0) is 4.74 Å². The third-order valence-corrected chi connectivity index (χ3v) is 5.62. The molecule has 0 atom stereocenters. The molecule has 116 valence electrons. The van der Waals surface area contributed by atoms with Crippen LogP contribution >= 0.6 is 11.8 Å². The smallest absolute Gasteiger partial charge is 0.157 e. The predicted molar refractivity (Wildman–Crippen MR) is 88.5 cm³/mol. The monoisotopic (exact) mass is 298 g/mol. The van der Waals surface area contributed by atoms with Crippen LogP contribution in [0.1, 0.15) is 52.9 Å². The summed E-state index contributed by atoms with van der Waals surface area (Å²) in [7, 11) is 0. The van der Waals surface area contributed by atoms with Gasteiger partial charge in [0, 0.05) is 17.9 Å². The van der Waals surface area contributed by atoms with Gasteiger partial charge in [0.25, 0.3) is 0 Å². The highest BCUT2D eigenvalue weighted by Crippen LogP contribution is 2.38. The molecule has 4 heteroatoms. The molecule has 20 heavy (non-hydrogen) atoms. The first-order chi connectivity index (χ1) is 9.60. The van der Waals surface area contributed by atoms with Gasteiger partial charge in [-0.15, -0.1) is 0 Å². The van der Waals surface area contributed by atoms with Gasteiger partial charge in [0.2, 0.25) is 0 Å². The van der Waals surface area contributed by atoms with Crippen LogP contribution in [0.15, 0.2) is 4.99 Å². The van der Waals surface area contributed by atoms with Crippen molar-refractivity contribution < 1.29 is 4.74 Å². The summed E-state index contributed by atoms with van der Waals surface area (Å²) in [5.74, 6) is 2.83. The summed E-state index contributed by atoms with van der Waals surface area (Å²) in [6.45, 7) is 9.24. The minimum atomic E-state index is 0.356. The highest BCUT2D eigenvalue weighted by Gasteiger charge is 2.39. The fourth-order valence-electron chi connectivity index (χ4n) is 2.81. The molecule has 1 heterocycles. The van der Waals surface area contributed by atoms with Crippen molar-refractivity contribution in [1.29, 1.82) is 0 Å². The Bertz CT molecular complexity index is 322. The van der Waals surface area contributed by atoms with Crippen LogP contribution in [0.3, 0.4) is 0 Å². The Balaban J connectivity index is 1.64. The molecule has 2 rings (SSSR count). The second-order valence-electron chi connectivity index (χ2n) is 6.86. The van der Waals surface area contributed by atoms with Crippen LogP contribution in [0, 0.1) is 11.8 Å². The number of aliphatic imine (C=N–C) groups is 1. The molecule has 0 amide bonds. The van der Waals surface area contributed by atoms with E-state index in [1.54, 1.807) is 0 Å². The average Bonchev–Trinajstić information content (AvgIpc) is 2.81. The standard InChI is InChI=1S/C16H30N2OS/c1-13(2)6-10-19-11-9-17-15-18-16(12-20-15)7-4-14(3)5-8-16/h13-14H,4-12H2,1-3H3,(H,17,18). The summed E-state index contributed by atoms with van der Waals surface area (Å²) >= 11 is 1.90. The normalized spacial score (nSPS) is 32.2. The number of rotatable bonds is 6. The molecule has 2 aliphatic rings. The molecule has 1 aliphatic carbocycles. The fraction of sp³-hybridized carbons (Fsp3) is 0.938. The Morgan fingerprint density at radius 3 is 2.80 bits per heavy atom. The van der Waals surface area contributed by atoms with Crippen molar-refractivity contribution in [2.24, 2.45) is 16.8 Å². The maximum Gasteiger partial charge on any atom is 0.157 e. The first kappa shape index (κ1) is 16.2. The van der Waals surface area contributed by atoms with E-state index < -0.39 is 0 Å². The molecule has 1 aliphatic heterocycles. The highest BCUT2D eigenvalue weighted by atomic mass is 32.2. The van der Waals surface area contributed by atoms with Crippen molar-refractivity contribution in [3.63, 3.8) is 0 Å².